The Hall–Kier alpha value is -1.84. The van der Waals surface area contributed by atoms with Crippen LogP contribution in [0.25, 0.3) is 0 Å². The van der Waals surface area contributed by atoms with E-state index < -0.39 is 36.3 Å². The van der Waals surface area contributed by atoms with E-state index in [-0.39, 0.29) is 50.8 Å². The van der Waals surface area contributed by atoms with Gasteiger partial charge in [0, 0.05) is 18.8 Å². The molecule has 0 radical (unpaired) electrons. The van der Waals surface area contributed by atoms with Crippen LogP contribution in [-0.4, -0.2) is 25.1 Å². The maximum absolute atomic E-state index is 14.3. The topological polar surface area (TPSA) is 41.6 Å². The molecular weight excluding hydrogens is 515 g/mol. The Kier molecular flexibility index (Phi) is 7.09. The summed E-state index contributed by atoms with van der Waals surface area (Å²) in [5, 5.41) is -0.351. The van der Waals surface area contributed by atoms with Gasteiger partial charge in [0.2, 0.25) is 0 Å². The van der Waals surface area contributed by atoms with Crippen molar-refractivity contribution in [2.24, 2.45) is 10.7 Å². The molecule has 3 nitrogen and oxygen atoms in total. The zero-order chi connectivity index (χ0) is 24.8. The Bertz CT molecular complexity index is 1060. The average molecular weight is 533 g/mol. The Morgan fingerprint density at radius 3 is 2.18 bits per heavy atom. The Balaban J connectivity index is 2.03. The molecule has 1 aliphatic heterocycles. The van der Waals surface area contributed by atoms with Gasteiger partial charge >= 0.3 is 12.4 Å². The second-order valence-corrected chi connectivity index (χ2v) is 8.99. The van der Waals surface area contributed by atoms with Gasteiger partial charge in [-0.1, -0.05) is 40.9 Å². The number of alkyl halides is 6. The highest BCUT2D eigenvalue weighted by Crippen LogP contribution is 2.50. The van der Waals surface area contributed by atoms with Crippen molar-refractivity contribution in [2.75, 3.05) is 18.0 Å². The molecule has 2 N–H and O–H groups in total. The van der Waals surface area contributed by atoms with Crippen LogP contribution in [0.1, 0.15) is 30.0 Å². The third-order valence-corrected chi connectivity index (χ3v) is 6.81. The van der Waals surface area contributed by atoms with Crippen LogP contribution in [0.3, 0.4) is 0 Å². The van der Waals surface area contributed by atoms with E-state index in [1.165, 1.54) is 24.0 Å². The van der Waals surface area contributed by atoms with E-state index in [2.05, 4.69) is 4.99 Å². The summed E-state index contributed by atoms with van der Waals surface area (Å²) < 4.78 is 83.9. The smallest absolute Gasteiger partial charge is 0.388 e. The molecule has 1 aliphatic rings. The molecule has 2 aromatic carbocycles. The van der Waals surface area contributed by atoms with Crippen molar-refractivity contribution in [3.63, 3.8) is 0 Å². The summed E-state index contributed by atoms with van der Waals surface area (Å²) >= 11 is 17.8. The van der Waals surface area contributed by atoms with E-state index in [9.17, 15) is 26.3 Å². The molecule has 0 amide bonds. The fourth-order valence-electron chi connectivity index (χ4n) is 3.87. The fraction of sp³-hybridized carbons (Fsp3) is 0.381. The van der Waals surface area contributed by atoms with Crippen LogP contribution in [0.4, 0.5) is 32.0 Å². The Labute approximate surface area is 201 Å². The molecule has 33 heavy (non-hydrogen) atoms. The number of rotatable bonds is 4. The van der Waals surface area contributed by atoms with E-state index in [0.29, 0.717) is 0 Å². The number of benzene rings is 2. The number of hydrogen-bond donors (Lipinski definition) is 1. The predicted octanol–water partition coefficient (Wildman–Crippen LogP) is 7.25. The average Bonchev–Trinajstić information content (AvgIpc) is 3.16. The molecule has 180 valence electrons. The van der Waals surface area contributed by atoms with Crippen molar-refractivity contribution >= 4 is 46.3 Å². The minimum absolute atomic E-state index is 0.0109. The number of amidine groups is 1. The van der Waals surface area contributed by atoms with E-state index >= 15 is 0 Å². The maximum atomic E-state index is 14.3. The quantitative estimate of drug-likeness (QED) is 0.195. The first-order valence-corrected chi connectivity index (χ1v) is 10.7. The molecular formula is C21H18Cl3F6N3. The first-order valence-electron chi connectivity index (χ1n) is 9.59. The maximum Gasteiger partial charge on any atom is 0.416 e. The summed E-state index contributed by atoms with van der Waals surface area (Å²) in [6.07, 6.45) is -9.84. The molecule has 1 saturated heterocycles. The van der Waals surface area contributed by atoms with Crippen molar-refractivity contribution in [3.05, 3.63) is 62.1 Å². The van der Waals surface area contributed by atoms with Crippen LogP contribution >= 0.6 is 34.8 Å². The normalized spacial score (nSPS) is 19.9. The largest absolute Gasteiger partial charge is 0.416 e. The van der Waals surface area contributed by atoms with Gasteiger partial charge in [-0.15, -0.1) is 0 Å². The van der Waals surface area contributed by atoms with E-state index in [0.717, 1.165) is 18.2 Å². The fourth-order valence-corrected chi connectivity index (χ4v) is 4.46. The number of aliphatic imine (C=N–C) groups is 1. The number of hydrogen-bond acceptors (Lipinski definition) is 2. The number of nitrogens with two attached hydrogens (primary N) is 1. The summed E-state index contributed by atoms with van der Waals surface area (Å²) in [6.45, 7) is 0.402. The predicted molar refractivity (Wildman–Crippen MR) is 118 cm³/mol. The van der Waals surface area contributed by atoms with Gasteiger partial charge in [-0.25, -0.2) is 0 Å². The molecule has 1 unspecified atom stereocenters. The molecule has 1 atom stereocenters. The SMILES string of the molecule is CC(N)=NCc1ccc(N2CCC(c3cc(Cl)c(Cl)c(Cl)c3)(C(F)(F)F)C2)cc1C(F)(F)F. The van der Waals surface area contributed by atoms with E-state index in [4.69, 9.17) is 40.5 Å². The lowest BCUT2D eigenvalue weighted by atomic mass is 9.79. The molecule has 1 heterocycles. The second kappa shape index (κ2) is 9.07. The summed E-state index contributed by atoms with van der Waals surface area (Å²) in [5.41, 5.74) is 1.73. The Morgan fingerprint density at radius 1 is 1.06 bits per heavy atom. The summed E-state index contributed by atoms with van der Waals surface area (Å²) in [5.74, 6) is 0.113. The highest BCUT2D eigenvalue weighted by atomic mass is 35.5. The van der Waals surface area contributed by atoms with Crippen molar-refractivity contribution in [2.45, 2.75) is 37.7 Å². The van der Waals surface area contributed by atoms with Crippen LogP contribution in [0, 0.1) is 0 Å². The minimum atomic E-state index is -4.72. The lowest BCUT2D eigenvalue weighted by Gasteiger charge is -2.33. The van der Waals surface area contributed by atoms with Crippen LogP contribution in [0.15, 0.2) is 35.3 Å². The van der Waals surface area contributed by atoms with Crippen LogP contribution < -0.4 is 10.6 Å². The number of anilines is 1. The van der Waals surface area contributed by atoms with Crippen molar-refractivity contribution in [3.8, 4) is 0 Å². The summed E-state index contributed by atoms with van der Waals surface area (Å²) in [6, 6.07) is 5.59. The van der Waals surface area contributed by atoms with Crippen molar-refractivity contribution < 1.29 is 26.3 Å². The Morgan fingerprint density at radius 2 is 1.67 bits per heavy atom. The first kappa shape index (κ1) is 25.8. The van der Waals surface area contributed by atoms with Gasteiger partial charge in [-0.05, 0) is 48.7 Å². The standard InChI is InChI=1S/C21H18Cl3F6N3/c1-11(31)32-9-12-2-3-14(8-15(12)20(25,26)27)33-5-4-19(10-33,21(28,29)30)13-6-16(22)18(24)17(23)7-13/h2-3,6-8H,4-5,9-10H2,1H3,(H2,31,32). The van der Waals surface area contributed by atoms with Gasteiger partial charge in [-0.3, -0.25) is 4.99 Å². The zero-order valence-corrected chi connectivity index (χ0v) is 19.4. The molecule has 0 spiro atoms. The van der Waals surface area contributed by atoms with Gasteiger partial charge < -0.3 is 10.6 Å². The minimum Gasteiger partial charge on any atom is -0.388 e. The zero-order valence-electron chi connectivity index (χ0n) is 17.1. The third-order valence-electron chi connectivity index (χ3n) is 5.61. The molecule has 0 bridgehead atoms. The van der Waals surface area contributed by atoms with E-state index in [1.807, 2.05) is 0 Å². The summed E-state index contributed by atoms with van der Waals surface area (Å²) in [4.78, 5) is 5.08. The third kappa shape index (κ3) is 5.15. The number of halogens is 9. The van der Waals surface area contributed by atoms with Crippen molar-refractivity contribution in [1.82, 2.24) is 0 Å². The summed E-state index contributed by atoms with van der Waals surface area (Å²) in [7, 11) is 0. The first-order chi connectivity index (χ1) is 15.2. The van der Waals surface area contributed by atoms with Gasteiger partial charge in [0.05, 0.1) is 33.0 Å². The van der Waals surface area contributed by atoms with Crippen molar-refractivity contribution in [1.29, 1.82) is 0 Å². The second-order valence-electron chi connectivity index (χ2n) is 7.80. The highest BCUT2D eigenvalue weighted by Gasteiger charge is 2.59. The van der Waals surface area contributed by atoms with Gasteiger partial charge in [0.25, 0.3) is 0 Å². The molecule has 1 fully saturated rings. The lowest BCUT2D eigenvalue weighted by molar-refractivity contribution is -0.184. The molecule has 3 rings (SSSR count). The van der Waals surface area contributed by atoms with Gasteiger partial charge in [0.1, 0.15) is 5.41 Å². The van der Waals surface area contributed by atoms with Crippen LogP contribution in [-0.2, 0) is 18.1 Å². The van der Waals surface area contributed by atoms with Crippen LogP contribution in [0.2, 0.25) is 15.1 Å². The van der Waals surface area contributed by atoms with Gasteiger partial charge in [0.15, 0.2) is 0 Å². The molecule has 12 heteroatoms. The van der Waals surface area contributed by atoms with Gasteiger partial charge in [-0.2, -0.15) is 26.3 Å². The molecule has 0 saturated carbocycles. The van der Waals surface area contributed by atoms with Crippen LogP contribution in [0.5, 0.6) is 0 Å². The molecule has 0 aliphatic carbocycles. The molecule has 2 aromatic rings. The number of nitrogens with zero attached hydrogens (tertiary/aromatic N) is 2. The van der Waals surface area contributed by atoms with E-state index in [1.54, 1.807) is 0 Å². The monoisotopic (exact) mass is 531 g/mol. The lowest BCUT2D eigenvalue weighted by Crippen LogP contribution is -2.45. The highest BCUT2D eigenvalue weighted by molar-refractivity contribution is 6.48. The molecule has 0 aromatic heterocycles.